The molecular formula is C29H32N2O4S. The summed E-state index contributed by atoms with van der Waals surface area (Å²) in [6, 6.07) is 12.7. The van der Waals surface area contributed by atoms with Crippen LogP contribution >= 0.6 is 11.3 Å². The molecule has 0 saturated carbocycles. The molecule has 36 heavy (non-hydrogen) atoms. The van der Waals surface area contributed by atoms with Gasteiger partial charge in [-0.15, -0.1) is 0 Å². The first-order chi connectivity index (χ1) is 17.1. The largest absolute Gasteiger partial charge is 0.507 e. The van der Waals surface area contributed by atoms with Crippen LogP contribution in [0.3, 0.4) is 0 Å². The summed E-state index contributed by atoms with van der Waals surface area (Å²) < 4.78 is 7.45. The maximum Gasteiger partial charge on any atom is 0.338 e. The number of fused-ring (bicyclic) bond motifs is 1. The number of hydrogen-bond acceptors (Lipinski definition) is 6. The van der Waals surface area contributed by atoms with Crippen LogP contribution in [0.1, 0.15) is 81.7 Å². The number of allylic oxidation sites excluding steroid dienone is 1. The molecular weight excluding hydrogens is 472 g/mol. The molecule has 1 N–H and O–H groups in total. The lowest BCUT2D eigenvalue weighted by atomic mass is 9.91. The van der Waals surface area contributed by atoms with Crippen molar-refractivity contribution in [3.63, 3.8) is 0 Å². The molecule has 0 bridgehead atoms. The van der Waals surface area contributed by atoms with E-state index in [0.717, 1.165) is 22.3 Å². The molecule has 1 aromatic heterocycles. The fourth-order valence-electron chi connectivity index (χ4n) is 4.56. The maximum atomic E-state index is 13.8. The number of ether oxygens (including phenoxy) is 1. The van der Waals surface area contributed by atoms with Crippen LogP contribution in [-0.2, 0) is 9.53 Å². The summed E-state index contributed by atoms with van der Waals surface area (Å²) in [5, 5.41) is 10.8. The van der Waals surface area contributed by atoms with Crippen molar-refractivity contribution in [1.29, 1.82) is 0 Å². The summed E-state index contributed by atoms with van der Waals surface area (Å²) in [5.41, 5.74) is 4.07. The maximum absolute atomic E-state index is 13.8. The van der Waals surface area contributed by atoms with Crippen molar-refractivity contribution in [2.75, 3.05) is 6.61 Å². The summed E-state index contributed by atoms with van der Waals surface area (Å²) in [4.78, 5) is 31.9. The molecule has 2 heterocycles. The monoisotopic (exact) mass is 504 g/mol. The fraction of sp³-hybridized carbons (Fsp3) is 0.345. The minimum absolute atomic E-state index is 0.130. The highest BCUT2D eigenvalue weighted by molar-refractivity contribution is 7.07. The molecule has 1 aliphatic heterocycles. The first kappa shape index (κ1) is 25.6. The first-order valence-corrected chi connectivity index (χ1v) is 13.1. The predicted molar refractivity (Wildman–Crippen MR) is 143 cm³/mol. The van der Waals surface area contributed by atoms with Crippen LogP contribution in [0, 0.1) is 0 Å². The number of esters is 1. The average Bonchev–Trinajstić information content (AvgIpc) is 3.13. The first-order valence-electron chi connectivity index (χ1n) is 12.2. The van der Waals surface area contributed by atoms with Crippen molar-refractivity contribution in [3.05, 3.63) is 95.7 Å². The van der Waals surface area contributed by atoms with E-state index in [2.05, 4.69) is 4.99 Å². The average molecular weight is 505 g/mol. The third-order valence-electron chi connectivity index (χ3n) is 6.37. The quantitative estimate of drug-likeness (QED) is 0.491. The second kappa shape index (κ2) is 10.3. The molecule has 0 aliphatic carbocycles. The van der Waals surface area contributed by atoms with Gasteiger partial charge in [0.05, 0.1) is 28.5 Å². The van der Waals surface area contributed by atoms with Crippen LogP contribution in [0.5, 0.6) is 5.75 Å². The number of phenols is 1. The summed E-state index contributed by atoms with van der Waals surface area (Å²) in [5.74, 6) is 0.107. The van der Waals surface area contributed by atoms with Crippen molar-refractivity contribution in [2.45, 2.75) is 59.4 Å². The highest BCUT2D eigenvalue weighted by atomic mass is 32.1. The van der Waals surface area contributed by atoms with E-state index in [-0.39, 0.29) is 24.0 Å². The number of benzene rings is 2. The van der Waals surface area contributed by atoms with Gasteiger partial charge >= 0.3 is 5.97 Å². The Hall–Kier alpha value is -3.45. The zero-order valence-corrected chi connectivity index (χ0v) is 22.3. The van der Waals surface area contributed by atoms with Crippen LogP contribution in [0.4, 0.5) is 0 Å². The van der Waals surface area contributed by atoms with Crippen molar-refractivity contribution in [1.82, 2.24) is 4.57 Å². The van der Waals surface area contributed by atoms with E-state index < -0.39 is 12.0 Å². The van der Waals surface area contributed by atoms with Crippen LogP contribution in [0.15, 0.2) is 63.5 Å². The second-order valence-corrected chi connectivity index (χ2v) is 10.6. The van der Waals surface area contributed by atoms with Gasteiger partial charge in [-0.2, -0.15) is 0 Å². The lowest BCUT2D eigenvalue weighted by Gasteiger charge is -2.24. The molecule has 0 saturated heterocycles. The minimum Gasteiger partial charge on any atom is -0.507 e. The molecule has 0 fully saturated rings. The third-order valence-corrected chi connectivity index (χ3v) is 7.35. The lowest BCUT2D eigenvalue weighted by molar-refractivity contribution is -0.139. The molecule has 6 nitrogen and oxygen atoms in total. The highest BCUT2D eigenvalue weighted by Crippen LogP contribution is 2.35. The number of aromatic hydroxyl groups is 1. The number of carbonyl (C=O) groups excluding carboxylic acids is 1. The van der Waals surface area contributed by atoms with Crippen molar-refractivity contribution < 1.29 is 14.6 Å². The zero-order chi connectivity index (χ0) is 26.1. The number of nitrogens with zero attached hydrogens (tertiary/aromatic N) is 2. The van der Waals surface area contributed by atoms with Crippen LogP contribution < -0.4 is 14.9 Å². The molecule has 0 unspecified atom stereocenters. The van der Waals surface area contributed by atoms with Crippen LogP contribution in [0.2, 0.25) is 0 Å². The summed E-state index contributed by atoms with van der Waals surface area (Å²) in [6.07, 6.45) is 1.85. The smallest absolute Gasteiger partial charge is 0.338 e. The number of aromatic nitrogens is 1. The van der Waals surface area contributed by atoms with Crippen molar-refractivity contribution >= 4 is 23.4 Å². The van der Waals surface area contributed by atoms with Crippen molar-refractivity contribution in [2.24, 2.45) is 4.99 Å². The van der Waals surface area contributed by atoms with Gasteiger partial charge in [0.25, 0.3) is 5.56 Å². The van der Waals surface area contributed by atoms with E-state index in [9.17, 15) is 14.7 Å². The van der Waals surface area contributed by atoms with Crippen LogP contribution in [-0.4, -0.2) is 22.2 Å². The Morgan fingerprint density at radius 3 is 2.31 bits per heavy atom. The molecule has 1 aliphatic rings. The Balaban J connectivity index is 1.96. The van der Waals surface area contributed by atoms with E-state index in [1.165, 1.54) is 11.3 Å². The van der Waals surface area contributed by atoms with Gasteiger partial charge in [-0.1, -0.05) is 69.4 Å². The molecule has 188 valence electrons. The molecule has 2 aromatic carbocycles. The highest BCUT2D eigenvalue weighted by Gasteiger charge is 2.33. The SMILES string of the molecule is CCOC(=O)C1=C(C)N=c2s/c(=C\c3cc(C(C)C)c(O)c(C(C)C)c3)c(=O)n2[C@H]1c1ccccc1. The van der Waals surface area contributed by atoms with E-state index in [1.54, 1.807) is 18.4 Å². The Morgan fingerprint density at radius 2 is 1.75 bits per heavy atom. The molecule has 0 amide bonds. The fourth-order valence-corrected chi connectivity index (χ4v) is 5.61. The Labute approximate surface area is 214 Å². The van der Waals surface area contributed by atoms with E-state index in [4.69, 9.17) is 4.74 Å². The zero-order valence-electron chi connectivity index (χ0n) is 21.5. The van der Waals surface area contributed by atoms with Gasteiger partial charge in [0.1, 0.15) is 5.75 Å². The Bertz CT molecular complexity index is 1480. The number of hydrogen-bond donors (Lipinski definition) is 1. The summed E-state index contributed by atoms with van der Waals surface area (Å²) in [6.45, 7) is 11.9. The number of thiazole rings is 1. The third kappa shape index (κ3) is 4.67. The standard InChI is InChI=1S/C29H32N2O4S/c1-7-35-28(34)24-18(6)30-29-31(25(24)20-11-9-8-10-12-20)27(33)23(36-29)15-19-13-21(16(2)3)26(32)22(14-19)17(4)5/h8-17,25,32H,7H2,1-6H3/b23-15-/t25-/m0/s1. The van der Waals surface area contributed by atoms with Gasteiger partial charge in [-0.05, 0) is 66.1 Å². The summed E-state index contributed by atoms with van der Waals surface area (Å²) in [7, 11) is 0. The lowest BCUT2D eigenvalue weighted by Crippen LogP contribution is -2.39. The van der Waals surface area contributed by atoms with Gasteiger partial charge < -0.3 is 9.84 Å². The van der Waals surface area contributed by atoms with Gasteiger partial charge in [0, 0.05) is 0 Å². The normalized spacial score (nSPS) is 15.9. The molecule has 1 atom stereocenters. The Morgan fingerprint density at radius 1 is 1.14 bits per heavy atom. The number of phenolic OH excluding ortho intramolecular Hbond substituents is 1. The second-order valence-electron chi connectivity index (χ2n) is 9.57. The van der Waals surface area contributed by atoms with Crippen molar-refractivity contribution in [3.8, 4) is 5.75 Å². The topological polar surface area (TPSA) is 80.9 Å². The molecule has 0 radical (unpaired) electrons. The number of rotatable bonds is 6. The van der Waals surface area contributed by atoms with Gasteiger partial charge in [-0.25, -0.2) is 9.79 Å². The van der Waals surface area contributed by atoms with Gasteiger partial charge in [-0.3, -0.25) is 9.36 Å². The van der Waals surface area contributed by atoms with E-state index >= 15 is 0 Å². The minimum atomic E-state index is -0.624. The summed E-state index contributed by atoms with van der Waals surface area (Å²) >= 11 is 1.30. The van der Waals surface area contributed by atoms with Gasteiger partial charge in [0.2, 0.25) is 0 Å². The molecule has 4 rings (SSSR count). The van der Waals surface area contributed by atoms with E-state index in [1.807, 2.05) is 76.2 Å². The molecule has 0 spiro atoms. The van der Waals surface area contributed by atoms with Crippen LogP contribution in [0.25, 0.3) is 6.08 Å². The number of carbonyl (C=O) groups is 1. The Kier molecular flexibility index (Phi) is 7.31. The molecule has 7 heteroatoms. The van der Waals surface area contributed by atoms with Gasteiger partial charge in [0.15, 0.2) is 4.80 Å². The predicted octanol–water partition coefficient (Wildman–Crippen LogP) is 4.75. The van der Waals surface area contributed by atoms with E-state index in [0.29, 0.717) is 26.4 Å². The molecule has 3 aromatic rings.